The number of hydrogen-bond donors (Lipinski definition) is 1. The maximum atomic E-state index is 14.4. The van der Waals surface area contributed by atoms with Crippen LogP contribution in [0.3, 0.4) is 0 Å². The summed E-state index contributed by atoms with van der Waals surface area (Å²) in [7, 11) is 0. The molecule has 1 fully saturated rings. The van der Waals surface area contributed by atoms with Gasteiger partial charge in [0.05, 0.1) is 0 Å². The number of hydrogen-bond acceptors (Lipinski definition) is 5. The van der Waals surface area contributed by atoms with E-state index >= 15 is 0 Å². The molecule has 1 N–H and O–H groups in total. The van der Waals surface area contributed by atoms with Gasteiger partial charge in [0, 0.05) is 56.4 Å². The summed E-state index contributed by atoms with van der Waals surface area (Å²) in [4.78, 5) is 32.3. The van der Waals surface area contributed by atoms with Gasteiger partial charge >= 0.3 is 0 Å². The minimum Gasteiger partial charge on any atom is -0.484 e. The van der Waals surface area contributed by atoms with E-state index in [0.29, 0.717) is 60.7 Å². The van der Waals surface area contributed by atoms with Crippen molar-refractivity contribution in [3.8, 4) is 5.75 Å². The van der Waals surface area contributed by atoms with Crippen LogP contribution in [0.4, 0.5) is 10.1 Å². The SMILES string of the molecule is C=CC(=O)N1CCN(CC(Oc2ccc(C(=O)Nc3ccncc3)cc2)c2ccc(C)c(F)c2)CC1.CC(C)(C)C. The second kappa shape index (κ2) is 14.6. The fourth-order valence-electron chi connectivity index (χ4n) is 4.02. The molecule has 3 aromatic rings. The van der Waals surface area contributed by atoms with Gasteiger partial charge in [-0.15, -0.1) is 0 Å². The summed E-state index contributed by atoms with van der Waals surface area (Å²) >= 11 is 0. The van der Waals surface area contributed by atoms with E-state index in [9.17, 15) is 14.0 Å². The van der Waals surface area contributed by atoms with E-state index in [1.807, 2.05) is 6.07 Å². The predicted molar refractivity (Wildman–Crippen MR) is 161 cm³/mol. The number of piperazine rings is 1. The number of nitrogens with zero attached hydrogens (tertiary/aromatic N) is 3. The molecule has 1 atom stereocenters. The van der Waals surface area contributed by atoms with Crippen molar-refractivity contribution in [2.24, 2.45) is 5.41 Å². The van der Waals surface area contributed by atoms with Crippen LogP contribution in [0.1, 0.15) is 55.3 Å². The number of rotatable bonds is 8. The quantitative estimate of drug-likeness (QED) is 0.328. The predicted octanol–water partition coefficient (Wildman–Crippen LogP) is 6.28. The number of halogens is 1. The first-order valence-corrected chi connectivity index (χ1v) is 13.8. The van der Waals surface area contributed by atoms with Gasteiger partial charge in [0.1, 0.15) is 17.7 Å². The molecule has 1 aliphatic heterocycles. The fourth-order valence-corrected chi connectivity index (χ4v) is 4.02. The summed E-state index contributed by atoms with van der Waals surface area (Å²) in [6.07, 6.45) is 4.12. The van der Waals surface area contributed by atoms with Crippen molar-refractivity contribution in [1.82, 2.24) is 14.8 Å². The maximum Gasteiger partial charge on any atom is 0.255 e. The highest BCUT2D eigenvalue weighted by Crippen LogP contribution is 2.26. The van der Waals surface area contributed by atoms with Crippen LogP contribution in [0.15, 0.2) is 79.6 Å². The monoisotopic (exact) mass is 560 g/mol. The Bertz CT molecular complexity index is 1290. The van der Waals surface area contributed by atoms with E-state index in [1.54, 1.807) is 66.7 Å². The highest BCUT2D eigenvalue weighted by atomic mass is 19.1. The number of carbonyl (C=O) groups is 2. The first-order valence-electron chi connectivity index (χ1n) is 13.8. The first kappa shape index (κ1) is 31.5. The standard InChI is InChI=1S/C28H29FN4O3.C5H12/c1-3-27(34)33-16-14-32(15-17-33)19-26(22-5-4-20(2)25(29)18-22)36-24-8-6-21(7-9-24)28(35)31-23-10-12-30-13-11-23;1-5(2,3)4/h3-13,18,26H,1,14-17,19H2,2H3,(H,30,31,35);1-4H3. The molecule has 1 unspecified atom stereocenters. The number of amides is 2. The van der Waals surface area contributed by atoms with Gasteiger partial charge in [-0.25, -0.2) is 4.39 Å². The molecule has 0 spiro atoms. The normalized spacial score (nSPS) is 14.3. The Balaban J connectivity index is 0.000000850. The van der Waals surface area contributed by atoms with Crippen molar-refractivity contribution in [1.29, 1.82) is 0 Å². The summed E-state index contributed by atoms with van der Waals surface area (Å²) in [6, 6.07) is 15.4. The lowest BCUT2D eigenvalue weighted by molar-refractivity contribution is -0.127. The van der Waals surface area contributed by atoms with Crippen LogP contribution in [0.2, 0.25) is 0 Å². The van der Waals surface area contributed by atoms with Crippen LogP contribution >= 0.6 is 0 Å². The maximum absolute atomic E-state index is 14.4. The van der Waals surface area contributed by atoms with Gasteiger partial charge in [-0.2, -0.15) is 0 Å². The molecule has 0 bridgehead atoms. The lowest BCUT2D eigenvalue weighted by atomic mass is 10.0. The number of carbonyl (C=O) groups excluding carboxylic acids is 2. The number of benzene rings is 2. The van der Waals surface area contributed by atoms with Crippen LogP contribution < -0.4 is 10.1 Å². The van der Waals surface area contributed by atoms with Crippen molar-refractivity contribution in [2.45, 2.75) is 40.7 Å². The Morgan fingerprint density at radius 3 is 2.20 bits per heavy atom. The lowest BCUT2D eigenvalue weighted by Crippen LogP contribution is -2.49. The zero-order chi connectivity index (χ0) is 30.0. The molecule has 2 amide bonds. The molecule has 7 nitrogen and oxygen atoms in total. The summed E-state index contributed by atoms with van der Waals surface area (Å²) in [5, 5.41) is 2.82. The van der Waals surface area contributed by atoms with Gasteiger partial charge in [-0.1, -0.05) is 46.4 Å². The molecule has 0 radical (unpaired) electrons. The van der Waals surface area contributed by atoms with Gasteiger partial charge in [-0.3, -0.25) is 19.5 Å². The molecule has 1 saturated heterocycles. The van der Waals surface area contributed by atoms with Crippen LogP contribution in [-0.4, -0.2) is 59.3 Å². The third kappa shape index (κ3) is 10.5. The number of aromatic nitrogens is 1. The van der Waals surface area contributed by atoms with Crippen molar-refractivity contribution in [3.63, 3.8) is 0 Å². The Kier molecular flexibility index (Phi) is 11.2. The fraction of sp³-hybridized carbons (Fsp3) is 0.364. The van der Waals surface area contributed by atoms with Crippen LogP contribution in [0.5, 0.6) is 5.75 Å². The molecule has 41 heavy (non-hydrogen) atoms. The van der Waals surface area contributed by atoms with Crippen LogP contribution in [0, 0.1) is 18.2 Å². The van der Waals surface area contributed by atoms with E-state index in [0.717, 1.165) is 5.56 Å². The molecule has 1 aliphatic rings. The molecule has 0 aliphatic carbocycles. The average Bonchev–Trinajstić information content (AvgIpc) is 2.94. The van der Waals surface area contributed by atoms with E-state index in [-0.39, 0.29) is 17.6 Å². The minimum atomic E-state index is -0.432. The van der Waals surface area contributed by atoms with Gasteiger partial charge < -0.3 is 15.0 Å². The third-order valence-electron chi connectivity index (χ3n) is 6.18. The second-order valence-electron chi connectivity index (χ2n) is 11.7. The number of ether oxygens (including phenoxy) is 1. The molecular weight excluding hydrogens is 519 g/mol. The third-order valence-corrected chi connectivity index (χ3v) is 6.18. The van der Waals surface area contributed by atoms with Gasteiger partial charge in [-0.05, 0) is 72.0 Å². The number of aryl methyl sites for hydroxylation is 1. The zero-order valence-corrected chi connectivity index (χ0v) is 24.7. The average molecular weight is 561 g/mol. The minimum absolute atomic E-state index is 0.0730. The first-order chi connectivity index (χ1) is 19.4. The smallest absolute Gasteiger partial charge is 0.255 e. The van der Waals surface area contributed by atoms with Gasteiger partial charge in [0.25, 0.3) is 5.91 Å². The summed E-state index contributed by atoms with van der Waals surface area (Å²) in [5.74, 6) is -0.0273. The number of anilines is 1. The van der Waals surface area contributed by atoms with E-state index in [4.69, 9.17) is 4.74 Å². The molecule has 4 rings (SSSR count). The topological polar surface area (TPSA) is 74.8 Å². The number of pyridine rings is 1. The Morgan fingerprint density at radius 1 is 1.02 bits per heavy atom. The summed E-state index contributed by atoms with van der Waals surface area (Å²) < 4.78 is 20.7. The van der Waals surface area contributed by atoms with Gasteiger partial charge in [0.15, 0.2) is 0 Å². The van der Waals surface area contributed by atoms with Crippen molar-refractivity contribution in [2.75, 3.05) is 38.0 Å². The molecule has 2 heterocycles. The van der Waals surface area contributed by atoms with Crippen LogP contribution in [-0.2, 0) is 4.79 Å². The lowest BCUT2D eigenvalue weighted by Gasteiger charge is -2.36. The Hall–Kier alpha value is -4.04. The summed E-state index contributed by atoms with van der Waals surface area (Å²) in [5.41, 5.74) is 2.94. The zero-order valence-electron chi connectivity index (χ0n) is 24.7. The Morgan fingerprint density at radius 2 is 1.63 bits per heavy atom. The van der Waals surface area contributed by atoms with Crippen molar-refractivity contribution < 1.29 is 18.7 Å². The van der Waals surface area contributed by atoms with Crippen LogP contribution in [0.25, 0.3) is 0 Å². The van der Waals surface area contributed by atoms with E-state index in [1.165, 1.54) is 12.1 Å². The van der Waals surface area contributed by atoms with E-state index < -0.39 is 6.10 Å². The highest BCUT2D eigenvalue weighted by molar-refractivity contribution is 6.04. The van der Waals surface area contributed by atoms with Crippen molar-refractivity contribution >= 4 is 17.5 Å². The molecule has 218 valence electrons. The molecular formula is C33H41FN4O3. The van der Waals surface area contributed by atoms with Gasteiger partial charge in [0.2, 0.25) is 5.91 Å². The molecule has 1 aromatic heterocycles. The molecule has 0 saturated carbocycles. The summed E-state index contributed by atoms with van der Waals surface area (Å²) in [6.45, 7) is 17.1. The molecule has 2 aromatic carbocycles. The largest absolute Gasteiger partial charge is 0.484 e. The Labute approximate surface area is 243 Å². The number of nitrogens with one attached hydrogen (secondary N) is 1. The van der Waals surface area contributed by atoms with Crippen molar-refractivity contribution in [3.05, 3.63) is 102 Å². The second-order valence-corrected chi connectivity index (χ2v) is 11.7. The highest BCUT2D eigenvalue weighted by Gasteiger charge is 2.24. The molecule has 8 heteroatoms. The van der Waals surface area contributed by atoms with E-state index in [2.05, 4.69) is 49.5 Å².